The maximum absolute atomic E-state index is 13.0. The third-order valence-corrected chi connectivity index (χ3v) is 7.05. The Kier molecular flexibility index (Phi) is 5.79. The molecule has 0 radical (unpaired) electrons. The fraction of sp³-hybridized carbons (Fsp3) is 0.455. The van der Waals surface area contributed by atoms with Crippen molar-refractivity contribution in [3.8, 4) is 0 Å². The molecular formula is C22H24N2O6S. The van der Waals surface area contributed by atoms with Crippen molar-refractivity contribution in [2.24, 2.45) is 5.92 Å². The molecule has 3 fully saturated rings. The van der Waals surface area contributed by atoms with Gasteiger partial charge in [-0.2, -0.15) is 0 Å². The zero-order chi connectivity index (χ0) is 22.2. The molecule has 4 atom stereocenters. The van der Waals surface area contributed by atoms with E-state index in [-0.39, 0.29) is 25.4 Å². The predicted octanol–water partition coefficient (Wildman–Crippen LogP) is 1.40. The lowest BCUT2D eigenvalue weighted by atomic mass is 9.89. The minimum atomic E-state index is -1.75. The fourth-order valence-electron chi connectivity index (χ4n) is 4.09. The standard InChI is InChI=1S/C22H24N2O6S/c1-13(2)8-9-29-21(28)22-15(11-17(26)30-22)12-31-20-18(19(27)24(20)22)23-16(25)10-14-6-4-3-5-7-14/h3-8,15,18,20H,9-12H2,1-2H3,(H,23,25)/t15-,18+,20+,22+/m0/s1. The van der Waals surface area contributed by atoms with Crippen molar-refractivity contribution in [3.05, 3.63) is 47.5 Å². The molecule has 9 heteroatoms. The molecule has 3 aliphatic heterocycles. The van der Waals surface area contributed by atoms with Crippen LogP contribution in [-0.4, -0.2) is 58.2 Å². The van der Waals surface area contributed by atoms with Crippen molar-refractivity contribution in [3.63, 3.8) is 0 Å². The molecule has 31 heavy (non-hydrogen) atoms. The molecule has 1 aromatic rings. The van der Waals surface area contributed by atoms with Gasteiger partial charge in [0.05, 0.1) is 12.8 Å². The smallest absolute Gasteiger partial charge is 0.373 e. The van der Waals surface area contributed by atoms with Crippen LogP contribution in [0.3, 0.4) is 0 Å². The largest absolute Gasteiger partial charge is 0.457 e. The Labute approximate surface area is 184 Å². The predicted molar refractivity (Wildman–Crippen MR) is 112 cm³/mol. The number of nitrogens with zero attached hydrogens (tertiary/aromatic N) is 1. The first-order valence-electron chi connectivity index (χ1n) is 10.1. The number of β-lactam (4-membered cyclic amide) rings is 1. The maximum Gasteiger partial charge on any atom is 0.373 e. The summed E-state index contributed by atoms with van der Waals surface area (Å²) in [5.74, 6) is -2.04. The first-order valence-corrected chi connectivity index (χ1v) is 11.2. The van der Waals surface area contributed by atoms with Crippen LogP contribution < -0.4 is 5.32 Å². The molecule has 0 aromatic heterocycles. The highest BCUT2D eigenvalue weighted by Crippen LogP contribution is 2.51. The van der Waals surface area contributed by atoms with Crippen LogP contribution in [-0.2, 0) is 35.1 Å². The number of hydrogen-bond acceptors (Lipinski definition) is 7. The van der Waals surface area contributed by atoms with E-state index in [0.717, 1.165) is 11.1 Å². The number of carbonyl (C=O) groups is 4. The summed E-state index contributed by atoms with van der Waals surface area (Å²) in [6, 6.07) is 8.45. The van der Waals surface area contributed by atoms with Gasteiger partial charge < -0.3 is 14.8 Å². The average Bonchev–Trinajstić information content (AvgIpc) is 3.07. The summed E-state index contributed by atoms with van der Waals surface area (Å²) < 4.78 is 10.8. The molecule has 0 bridgehead atoms. The number of carbonyl (C=O) groups excluding carboxylic acids is 4. The lowest BCUT2D eigenvalue weighted by Crippen LogP contribution is -2.80. The van der Waals surface area contributed by atoms with E-state index < -0.39 is 40.9 Å². The monoisotopic (exact) mass is 444 g/mol. The van der Waals surface area contributed by atoms with Crippen LogP contribution in [0.2, 0.25) is 0 Å². The summed E-state index contributed by atoms with van der Waals surface area (Å²) in [5.41, 5.74) is 0.0628. The minimum Gasteiger partial charge on any atom is -0.457 e. The van der Waals surface area contributed by atoms with Crippen molar-refractivity contribution < 1.29 is 28.7 Å². The number of esters is 2. The van der Waals surface area contributed by atoms with Gasteiger partial charge in [-0.1, -0.05) is 35.9 Å². The Morgan fingerprint density at radius 3 is 2.74 bits per heavy atom. The van der Waals surface area contributed by atoms with Crippen LogP contribution in [0.15, 0.2) is 42.0 Å². The van der Waals surface area contributed by atoms with Crippen molar-refractivity contribution in [2.75, 3.05) is 12.4 Å². The van der Waals surface area contributed by atoms with Gasteiger partial charge in [0.25, 0.3) is 11.6 Å². The van der Waals surface area contributed by atoms with Gasteiger partial charge in [-0.05, 0) is 25.5 Å². The molecule has 3 aliphatic rings. The molecule has 164 valence electrons. The summed E-state index contributed by atoms with van der Waals surface area (Å²) in [5, 5.41) is 2.27. The van der Waals surface area contributed by atoms with Gasteiger partial charge in [-0.25, -0.2) is 4.79 Å². The van der Waals surface area contributed by atoms with E-state index in [0.29, 0.717) is 5.75 Å². The topological polar surface area (TPSA) is 102 Å². The number of allylic oxidation sites excluding steroid dienone is 1. The number of amides is 2. The quantitative estimate of drug-likeness (QED) is 0.402. The molecule has 3 heterocycles. The molecule has 0 unspecified atom stereocenters. The zero-order valence-electron chi connectivity index (χ0n) is 17.3. The van der Waals surface area contributed by atoms with Crippen LogP contribution in [0, 0.1) is 5.92 Å². The molecule has 3 saturated heterocycles. The molecule has 0 aliphatic carbocycles. The molecular weight excluding hydrogens is 420 g/mol. The summed E-state index contributed by atoms with van der Waals surface area (Å²) in [6.07, 6.45) is 1.93. The van der Waals surface area contributed by atoms with Crippen LogP contribution in [0.5, 0.6) is 0 Å². The van der Waals surface area contributed by atoms with Crippen LogP contribution in [0.25, 0.3) is 0 Å². The molecule has 8 nitrogen and oxygen atoms in total. The second kappa shape index (κ2) is 8.37. The van der Waals surface area contributed by atoms with Gasteiger partial charge in [0.1, 0.15) is 18.0 Å². The average molecular weight is 445 g/mol. The van der Waals surface area contributed by atoms with Crippen LogP contribution in [0.1, 0.15) is 25.8 Å². The number of ether oxygens (including phenoxy) is 2. The van der Waals surface area contributed by atoms with Gasteiger partial charge in [0.2, 0.25) is 5.91 Å². The van der Waals surface area contributed by atoms with E-state index in [4.69, 9.17) is 9.47 Å². The second-order valence-electron chi connectivity index (χ2n) is 8.09. The Bertz CT molecular complexity index is 945. The summed E-state index contributed by atoms with van der Waals surface area (Å²) in [6.45, 7) is 3.78. The normalized spacial score (nSPS) is 28.6. The van der Waals surface area contributed by atoms with Crippen LogP contribution in [0.4, 0.5) is 0 Å². The molecule has 0 saturated carbocycles. The highest BCUT2D eigenvalue weighted by Gasteiger charge is 2.71. The Morgan fingerprint density at radius 2 is 2.03 bits per heavy atom. The highest BCUT2D eigenvalue weighted by atomic mass is 32.2. The summed E-state index contributed by atoms with van der Waals surface area (Å²) in [7, 11) is 0. The maximum atomic E-state index is 13.0. The number of hydrogen-bond donors (Lipinski definition) is 1. The van der Waals surface area contributed by atoms with Gasteiger partial charge in [0.15, 0.2) is 0 Å². The number of rotatable bonds is 6. The van der Waals surface area contributed by atoms with Crippen LogP contribution >= 0.6 is 11.8 Å². The minimum absolute atomic E-state index is 0.0320. The van der Waals surface area contributed by atoms with Crippen molar-refractivity contribution in [2.45, 2.75) is 43.8 Å². The van der Waals surface area contributed by atoms with Gasteiger partial charge in [-0.15, -0.1) is 11.8 Å². The molecule has 1 aromatic carbocycles. The van der Waals surface area contributed by atoms with Gasteiger partial charge in [-0.3, -0.25) is 19.3 Å². The molecule has 0 spiro atoms. The molecule has 1 N–H and O–H groups in total. The number of benzene rings is 1. The highest BCUT2D eigenvalue weighted by molar-refractivity contribution is 8.00. The van der Waals surface area contributed by atoms with E-state index in [1.807, 2.05) is 44.2 Å². The number of nitrogens with one attached hydrogen (secondary N) is 1. The van der Waals surface area contributed by atoms with Crippen molar-refractivity contribution in [1.82, 2.24) is 10.2 Å². The second-order valence-corrected chi connectivity index (χ2v) is 9.24. The van der Waals surface area contributed by atoms with E-state index in [1.54, 1.807) is 6.08 Å². The summed E-state index contributed by atoms with van der Waals surface area (Å²) >= 11 is 1.43. The lowest BCUT2D eigenvalue weighted by Gasteiger charge is -2.56. The molecule has 4 rings (SSSR count). The molecule has 2 amide bonds. The van der Waals surface area contributed by atoms with Gasteiger partial charge in [0, 0.05) is 11.7 Å². The third-order valence-electron chi connectivity index (χ3n) is 5.63. The van der Waals surface area contributed by atoms with Gasteiger partial charge >= 0.3 is 11.9 Å². The van der Waals surface area contributed by atoms with E-state index >= 15 is 0 Å². The first-order chi connectivity index (χ1) is 14.8. The van der Waals surface area contributed by atoms with Crippen molar-refractivity contribution in [1.29, 1.82) is 0 Å². The Hall–Kier alpha value is -2.81. The summed E-state index contributed by atoms with van der Waals surface area (Å²) in [4.78, 5) is 51.9. The Morgan fingerprint density at radius 1 is 1.29 bits per heavy atom. The number of thioether (sulfide) groups is 1. The zero-order valence-corrected chi connectivity index (χ0v) is 18.1. The first kappa shape index (κ1) is 21.4. The van der Waals surface area contributed by atoms with E-state index in [1.165, 1.54) is 16.7 Å². The number of fused-ring (bicyclic) bond motifs is 3. The Balaban J connectivity index is 1.49. The van der Waals surface area contributed by atoms with E-state index in [2.05, 4.69) is 5.32 Å². The van der Waals surface area contributed by atoms with Crippen molar-refractivity contribution >= 4 is 35.5 Å². The lowest BCUT2D eigenvalue weighted by molar-refractivity contribution is -0.218. The van der Waals surface area contributed by atoms with E-state index in [9.17, 15) is 19.2 Å². The third kappa shape index (κ3) is 3.82. The fourth-order valence-corrected chi connectivity index (χ4v) is 5.65. The SMILES string of the molecule is CC(C)=CCOC(=O)[C@]12OC(=O)C[C@H]1CS[C@@H]1[C@H](NC(=O)Cc3ccccc3)C(=O)N12.